The van der Waals surface area contributed by atoms with Gasteiger partial charge in [0.2, 0.25) is 5.91 Å². The third-order valence-corrected chi connectivity index (χ3v) is 2.77. The molecule has 0 atom stereocenters. The molecule has 0 aromatic heterocycles. The van der Waals surface area contributed by atoms with Crippen LogP contribution in [0.2, 0.25) is 0 Å². The zero-order valence-corrected chi connectivity index (χ0v) is 12.9. The van der Waals surface area contributed by atoms with Gasteiger partial charge in [0.15, 0.2) is 0 Å². The Kier molecular flexibility index (Phi) is 5.07. The largest absolute Gasteiger partial charge is 0.462 e. The minimum absolute atomic E-state index is 0.219. The SMILES string of the molecule is COC(=O)C(=O)Nc1cc(NC(C)=O)ccc1C(C)(C)C. The Bertz CT molecular complexity index is 574. The van der Waals surface area contributed by atoms with Crippen LogP contribution in [0.5, 0.6) is 0 Å². The van der Waals surface area contributed by atoms with Gasteiger partial charge in [-0.15, -0.1) is 0 Å². The Morgan fingerprint density at radius 3 is 2.19 bits per heavy atom. The second-order valence-electron chi connectivity index (χ2n) is 5.64. The van der Waals surface area contributed by atoms with Crippen LogP contribution in [-0.4, -0.2) is 24.9 Å². The van der Waals surface area contributed by atoms with Crippen LogP contribution in [0.1, 0.15) is 33.3 Å². The van der Waals surface area contributed by atoms with E-state index in [0.717, 1.165) is 12.7 Å². The van der Waals surface area contributed by atoms with Crippen LogP contribution >= 0.6 is 0 Å². The van der Waals surface area contributed by atoms with Crippen molar-refractivity contribution in [1.82, 2.24) is 0 Å². The maximum absolute atomic E-state index is 11.7. The van der Waals surface area contributed by atoms with Crippen LogP contribution in [0.15, 0.2) is 18.2 Å². The first-order chi connectivity index (χ1) is 9.65. The van der Waals surface area contributed by atoms with Crippen molar-refractivity contribution in [3.63, 3.8) is 0 Å². The number of esters is 1. The van der Waals surface area contributed by atoms with E-state index < -0.39 is 11.9 Å². The molecule has 0 radical (unpaired) electrons. The summed E-state index contributed by atoms with van der Waals surface area (Å²) in [6.07, 6.45) is 0. The van der Waals surface area contributed by atoms with Crippen LogP contribution < -0.4 is 10.6 Å². The number of carbonyl (C=O) groups is 3. The van der Waals surface area contributed by atoms with E-state index in [-0.39, 0.29) is 11.3 Å². The number of methoxy groups -OCH3 is 1. The van der Waals surface area contributed by atoms with Crippen LogP contribution in [0.3, 0.4) is 0 Å². The third-order valence-electron chi connectivity index (χ3n) is 2.77. The first-order valence-corrected chi connectivity index (χ1v) is 6.46. The number of ether oxygens (including phenoxy) is 1. The lowest BCUT2D eigenvalue weighted by Crippen LogP contribution is -2.26. The van der Waals surface area contributed by atoms with Crippen molar-refractivity contribution in [3.05, 3.63) is 23.8 Å². The van der Waals surface area contributed by atoms with Crippen molar-refractivity contribution in [2.45, 2.75) is 33.1 Å². The van der Waals surface area contributed by atoms with E-state index in [1.165, 1.54) is 6.92 Å². The lowest BCUT2D eigenvalue weighted by atomic mass is 9.85. The standard InChI is InChI=1S/C15H20N2O4/c1-9(18)16-10-6-7-11(15(2,3)4)12(8-10)17-13(19)14(20)21-5/h6-8H,1-5H3,(H,16,18)(H,17,19). The van der Waals surface area contributed by atoms with E-state index in [9.17, 15) is 14.4 Å². The van der Waals surface area contributed by atoms with Gasteiger partial charge < -0.3 is 15.4 Å². The molecule has 1 aromatic carbocycles. The normalized spacial score (nSPS) is 10.7. The third kappa shape index (κ3) is 4.59. The van der Waals surface area contributed by atoms with Gasteiger partial charge in [0.25, 0.3) is 0 Å². The molecule has 1 aromatic rings. The smallest absolute Gasteiger partial charge is 0.396 e. The van der Waals surface area contributed by atoms with Gasteiger partial charge in [0.05, 0.1) is 7.11 Å². The Balaban J connectivity index is 3.19. The molecule has 0 aliphatic heterocycles. The fourth-order valence-corrected chi connectivity index (χ4v) is 1.85. The number of amides is 2. The molecule has 6 nitrogen and oxygen atoms in total. The minimum Gasteiger partial charge on any atom is -0.462 e. The lowest BCUT2D eigenvalue weighted by Gasteiger charge is -2.23. The average Bonchev–Trinajstić information content (AvgIpc) is 2.35. The number of anilines is 2. The second-order valence-corrected chi connectivity index (χ2v) is 5.64. The summed E-state index contributed by atoms with van der Waals surface area (Å²) in [7, 11) is 1.14. The van der Waals surface area contributed by atoms with Crippen LogP contribution in [-0.2, 0) is 24.5 Å². The first-order valence-electron chi connectivity index (χ1n) is 6.46. The zero-order valence-electron chi connectivity index (χ0n) is 12.9. The molecule has 0 saturated heterocycles. The summed E-state index contributed by atoms with van der Waals surface area (Å²) in [5.74, 6) is -2.05. The molecular weight excluding hydrogens is 272 g/mol. The monoisotopic (exact) mass is 292 g/mol. The summed E-state index contributed by atoms with van der Waals surface area (Å²) in [4.78, 5) is 34.0. The van der Waals surface area contributed by atoms with E-state index in [1.807, 2.05) is 20.8 Å². The van der Waals surface area contributed by atoms with Gasteiger partial charge in [-0.2, -0.15) is 0 Å². The molecule has 21 heavy (non-hydrogen) atoms. The predicted molar refractivity (Wildman–Crippen MR) is 80.1 cm³/mol. The molecule has 1 rings (SSSR count). The average molecular weight is 292 g/mol. The summed E-state index contributed by atoms with van der Waals surface area (Å²) < 4.78 is 4.38. The number of hydrogen-bond donors (Lipinski definition) is 2. The summed E-state index contributed by atoms with van der Waals surface area (Å²) >= 11 is 0. The summed E-state index contributed by atoms with van der Waals surface area (Å²) in [5, 5.41) is 5.15. The molecule has 6 heteroatoms. The lowest BCUT2D eigenvalue weighted by molar-refractivity contribution is -0.150. The number of rotatable bonds is 2. The van der Waals surface area contributed by atoms with Crippen molar-refractivity contribution in [2.75, 3.05) is 17.7 Å². The van der Waals surface area contributed by atoms with E-state index in [4.69, 9.17) is 0 Å². The molecule has 0 saturated carbocycles. The fraction of sp³-hybridized carbons (Fsp3) is 0.400. The molecule has 0 unspecified atom stereocenters. The molecule has 0 fully saturated rings. The fourth-order valence-electron chi connectivity index (χ4n) is 1.85. The number of hydrogen-bond acceptors (Lipinski definition) is 4. The van der Waals surface area contributed by atoms with Gasteiger partial charge >= 0.3 is 11.9 Å². The molecule has 0 heterocycles. The van der Waals surface area contributed by atoms with Crippen molar-refractivity contribution >= 4 is 29.2 Å². The van der Waals surface area contributed by atoms with E-state index in [2.05, 4.69) is 15.4 Å². The van der Waals surface area contributed by atoms with E-state index in [0.29, 0.717) is 11.4 Å². The summed E-state index contributed by atoms with van der Waals surface area (Å²) in [6, 6.07) is 5.16. The van der Waals surface area contributed by atoms with E-state index >= 15 is 0 Å². The van der Waals surface area contributed by atoms with Crippen molar-refractivity contribution in [1.29, 1.82) is 0 Å². The second kappa shape index (κ2) is 6.39. The quantitative estimate of drug-likeness (QED) is 0.645. The van der Waals surface area contributed by atoms with Gasteiger partial charge in [-0.05, 0) is 23.1 Å². The molecule has 0 spiro atoms. The van der Waals surface area contributed by atoms with E-state index in [1.54, 1.807) is 18.2 Å². The van der Waals surface area contributed by atoms with Gasteiger partial charge in [-0.3, -0.25) is 9.59 Å². The first kappa shape index (κ1) is 16.7. The Labute approximate surface area is 123 Å². The Hall–Kier alpha value is -2.37. The van der Waals surface area contributed by atoms with Gasteiger partial charge in [-0.1, -0.05) is 26.8 Å². The topological polar surface area (TPSA) is 84.5 Å². The number of carbonyl (C=O) groups excluding carboxylic acids is 3. The minimum atomic E-state index is -0.972. The molecule has 114 valence electrons. The molecule has 0 aliphatic rings. The van der Waals surface area contributed by atoms with Gasteiger partial charge in [0, 0.05) is 18.3 Å². The maximum Gasteiger partial charge on any atom is 0.396 e. The van der Waals surface area contributed by atoms with Crippen molar-refractivity contribution < 1.29 is 19.1 Å². The predicted octanol–water partition coefficient (Wildman–Crippen LogP) is 2.05. The van der Waals surface area contributed by atoms with Crippen LogP contribution in [0, 0.1) is 0 Å². The van der Waals surface area contributed by atoms with Gasteiger partial charge in [-0.25, -0.2) is 4.79 Å². The Morgan fingerprint density at radius 1 is 1.10 bits per heavy atom. The molecule has 0 aliphatic carbocycles. The molecule has 2 N–H and O–H groups in total. The van der Waals surface area contributed by atoms with Crippen molar-refractivity contribution in [3.8, 4) is 0 Å². The zero-order chi connectivity index (χ0) is 16.2. The summed E-state index contributed by atoms with van der Waals surface area (Å²) in [5.41, 5.74) is 1.60. The van der Waals surface area contributed by atoms with Gasteiger partial charge in [0.1, 0.15) is 0 Å². The molecular formula is C15H20N2O4. The number of benzene rings is 1. The maximum atomic E-state index is 11.7. The summed E-state index contributed by atoms with van der Waals surface area (Å²) in [6.45, 7) is 7.33. The highest BCUT2D eigenvalue weighted by Gasteiger charge is 2.22. The van der Waals surface area contributed by atoms with Crippen LogP contribution in [0.25, 0.3) is 0 Å². The highest BCUT2D eigenvalue weighted by molar-refractivity contribution is 6.37. The highest BCUT2D eigenvalue weighted by Crippen LogP contribution is 2.31. The Morgan fingerprint density at radius 2 is 1.71 bits per heavy atom. The highest BCUT2D eigenvalue weighted by atomic mass is 16.5. The molecule has 0 bridgehead atoms. The van der Waals surface area contributed by atoms with Crippen molar-refractivity contribution in [2.24, 2.45) is 0 Å². The van der Waals surface area contributed by atoms with Crippen LogP contribution in [0.4, 0.5) is 11.4 Å². The number of nitrogens with one attached hydrogen (secondary N) is 2. The molecule has 2 amide bonds.